The van der Waals surface area contributed by atoms with E-state index in [1.807, 2.05) is 6.92 Å². The quantitative estimate of drug-likeness (QED) is 0.452. The van der Waals surface area contributed by atoms with Gasteiger partial charge in [-0.25, -0.2) is 0 Å². The van der Waals surface area contributed by atoms with Crippen molar-refractivity contribution in [3.63, 3.8) is 0 Å². The van der Waals surface area contributed by atoms with Gasteiger partial charge in [-0.05, 0) is 0 Å². The SMILES string of the molecule is C=CC(=O)O[C]12[CH]3[CH]4[CH]5[C]1(C(=O)OCC)[Fe]43521678[CH]2[CH]1[CH]6[CH]7[CH]28. The summed E-state index contributed by atoms with van der Waals surface area (Å²) in [4.78, 5) is 32.0. The zero-order chi connectivity index (χ0) is 13.9. The standard InChI is InChI=1S/C11H11O4.C5H5.Fe/c1-3-10(12)15-9-7-5-6-8(9)11(13)14-4-2;1-2-4-5-3-1;/h3,5-7H,1,4H2,2H3;1-5H;. The third-order valence-electron chi connectivity index (χ3n) is 15.7. The molecule has 0 amide bonds. The van der Waals surface area contributed by atoms with Crippen molar-refractivity contribution in [3.8, 4) is 0 Å². The van der Waals surface area contributed by atoms with Gasteiger partial charge in [0.2, 0.25) is 0 Å². The van der Waals surface area contributed by atoms with E-state index in [9.17, 15) is 9.59 Å². The molecule has 10 rings (SSSR count). The van der Waals surface area contributed by atoms with Crippen molar-refractivity contribution >= 4 is 11.9 Å². The maximum absolute atomic E-state index is 13.1. The van der Waals surface area contributed by atoms with Crippen LogP contribution in [-0.4, -0.2) is 23.0 Å². The first-order valence-electron chi connectivity index (χ1n) is 8.11. The van der Waals surface area contributed by atoms with E-state index < -0.39 is 6.51 Å². The topological polar surface area (TPSA) is 52.6 Å². The van der Waals surface area contributed by atoms with Crippen LogP contribution in [0.4, 0.5) is 0 Å². The van der Waals surface area contributed by atoms with Gasteiger partial charge in [0.05, 0.1) is 0 Å². The fraction of sp³-hybridized carbons (Fsp3) is 0.750. The normalized spacial score (nSPS) is 101. The molecule has 0 N–H and O–H groups in total. The van der Waals surface area contributed by atoms with Gasteiger partial charge >= 0.3 is 111 Å². The Morgan fingerprint density at radius 1 is 1.14 bits per heavy atom. The van der Waals surface area contributed by atoms with Crippen LogP contribution in [-0.2, 0) is 25.6 Å². The van der Waals surface area contributed by atoms with Crippen LogP contribution in [0.25, 0.3) is 0 Å². The van der Waals surface area contributed by atoms with Gasteiger partial charge in [-0.2, -0.15) is 0 Å². The zero-order valence-corrected chi connectivity index (χ0v) is 12.7. The summed E-state index contributed by atoms with van der Waals surface area (Å²) in [7, 11) is 0. The predicted molar refractivity (Wildman–Crippen MR) is 68.3 cm³/mol. The summed E-state index contributed by atoms with van der Waals surface area (Å²) in [5.41, 5.74) is 0. The summed E-state index contributed by atoms with van der Waals surface area (Å²) in [5, 5.41) is 0. The second-order valence-electron chi connectivity index (χ2n) is 11.0. The van der Waals surface area contributed by atoms with E-state index in [-0.39, 0.29) is 20.8 Å². The van der Waals surface area contributed by atoms with Crippen LogP contribution >= 0.6 is 0 Å². The molecule has 0 bridgehead atoms. The Kier molecular flexibility index (Phi) is 0.325. The molecule has 0 aliphatic carbocycles. The molecule has 112 valence electrons. The number of ether oxygens (including phenoxy) is 2. The van der Waals surface area contributed by atoms with E-state index in [1.54, 1.807) is 0 Å². The molecule has 0 aromatic carbocycles. The van der Waals surface area contributed by atoms with E-state index in [2.05, 4.69) is 6.58 Å². The van der Waals surface area contributed by atoms with Crippen LogP contribution < -0.4 is 0 Å². The third-order valence-corrected chi connectivity index (χ3v) is 57.9. The molecule has 1 spiro atoms. The Hall–Kier alpha value is -0.801. The summed E-state index contributed by atoms with van der Waals surface area (Å²) < 4.78 is 11.3. The van der Waals surface area contributed by atoms with Crippen molar-refractivity contribution in [1.82, 2.24) is 0 Å². The summed E-state index contributed by atoms with van der Waals surface area (Å²) in [6.45, 7) is 1.97. The molecule has 10 heterocycles. The van der Waals surface area contributed by atoms with E-state index in [0.29, 0.717) is 16.2 Å². The van der Waals surface area contributed by atoms with Gasteiger partial charge in [0.15, 0.2) is 0 Å². The van der Waals surface area contributed by atoms with Gasteiger partial charge in [0.25, 0.3) is 0 Å². The van der Waals surface area contributed by atoms with Gasteiger partial charge in [-0.3, -0.25) is 0 Å². The Bertz CT molecular complexity index is 1160. The van der Waals surface area contributed by atoms with Crippen LogP contribution in [0.5, 0.6) is 0 Å². The predicted octanol–water partition coefficient (Wildman–Crippen LogP) is 2.95. The van der Waals surface area contributed by atoms with Gasteiger partial charge in [-0.1, -0.05) is 0 Å². The Morgan fingerprint density at radius 3 is 2.19 bits per heavy atom. The molecule has 21 heavy (non-hydrogen) atoms. The molecular formula is C16H16FeO4. The molecular weight excluding hydrogens is 312 g/mol. The molecule has 5 unspecified atom stereocenters. The third kappa shape index (κ3) is 0.0968. The second kappa shape index (κ2) is 0.782. The van der Waals surface area contributed by atoms with Crippen LogP contribution in [0.2, 0.25) is 42.8 Å². The summed E-state index contributed by atoms with van der Waals surface area (Å²) in [5.74, 6) is -0.227. The van der Waals surface area contributed by atoms with E-state index in [4.69, 9.17) is 9.47 Å². The van der Waals surface area contributed by atoms with Gasteiger partial charge < -0.3 is 0 Å². The molecule has 5 heteroatoms. The van der Waals surface area contributed by atoms with E-state index in [0.717, 1.165) is 28.9 Å². The van der Waals surface area contributed by atoms with E-state index >= 15 is 0 Å². The van der Waals surface area contributed by atoms with Crippen LogP contribution in [0, 0.1) is 0 Å². The number of esters is 2. The molecule has 0 radical (unpaired) electrons. The molecule has 10 aliphatic heterocycles. The number of carbonyl (C=O) groups excluding carboxylic acids is 2. The Morgan fingerprint density at radius 2 is 1.76 bits per heavy atom. The number of hydrogen-bond acceptors (Lipinski definition) is 4. The van der Waals surface area contributed by atoms with Crippen molar-refractivity contribution < 1.29 is 25.6 Å². The Labute approximate surface area is 111 Å². The minimum atomic E-state index is -3.96. The first-order chi connectivity index (χ1) is 9.87. The fourth-order valence-corrected chi connectivity index (χ4v) is 91.2. The number of rotatable bonds is 4. The molecule has 4 nitrogen and oxygen atoms in total. The number of carbonyl (C=O) groups is 2. The van der Waals surface area contributed by atoms with Gasteiger partial charge in [-0.15, -0.1) is 0 Å². The van der Waals surface area contributed by atoms with Crippen molar-refractivity contribution in [2.24, 2.45) is 0 Å². The second-order valence-corrected chi connectivity index (χ2v) is 34.2. The maximum atomic E-state index is 13.1. The molecule has 10 saturated heterocycles. The molecule has 10 aliphatic rings. The van der Waals surface area contributed by atoms with Crippen molar-refractivity contribution in [2.75, 3.05) is 6.61 Å². The van der Waals surface area contributed by atoms with Crippen LogP contribution in [0.15, 0.2) is 12.7 Å². The zero-order valence-electron chi connectivity index (χ0n) is 11.6. The first-order valence-corrected chi connectivity index (χ1v) is 14.3. The summed E-state index contributed by atoms with van der Waals surface area (Å²) in [6, 6.07) is 0. The van der Waals surface area contributed by atoms with Gasteiger partial charge in [0, 0.05) is 0 Å². The van der Waals surface area contributed by atoms with Crippen LogP contribution in [0.3, 0.4) is 0 Å². The summed E-state index contributed by atoms with van der Waals surface area (Å²) >= 11 is 0. The van der Waals surface area contributed by atoms with Crippen molar-refractivity contribution in [1.29, 1.82) is 0 Å². The number of fused-ring (bicyclic) bond motifs is 10. The van der Waals surface area contributed by atoms with Gasteiger partial charge in [0.1, 0.15) is 0 Å². The Balaban J connectivity index is 1.44. The molecule has 5 atom stereocenters. The minimum absolute atomic E-state index is 0.0587. The molecule has 0 saturated carbocycles. The van der Waals surface area contributed by atoms with Crippen molar-refractivity contribution in [2.45, 2.75) is 54.3 Å². The first kappa shape index (κ1) is 8.73. The average Bonchev–Trinajstić information content (AvgIpc) is 3.41. The van der Waals surface area contributed by atoms with Crippen molar-refractivity contribution in [3.05, 3.63) is 12.7 Å². The van der Waals surface area contributed by atoms with Crippen LogP contribution in [0.1, 0.15) is 6.92 Å². The number of hydrogen-bond donors (Lipinski definition) is 0. The fourth-order valence-electron chi connectivity index (χ4n) is 17.6. The molecule has 10 fully saturated rings. The molecule has 0 aromatic rings. The van der Waals surface area contributed by atoms with E-state index in [1.165, 1.54) is 6.08 Å². The molecule has 0 aromatic heterocycles. The summed E-state index contributed by atoms with van der Waals surface area (Å²) in [6.07, 6.45) is 1.30. The monoisotopic (exact) mass is 328 g/mol. The average molecular weight is 328 g/mol.